The number of nitrogens with zero attached hydrogens (tertiary/aromatic N) is 5. The molecule has 208 valence electrons. The number of ether oxygens (including phenoxy) is 3. The molecule has 0 spiro atoms. The second-order valence-corrected chi connectivity index (χ2v) is 11.8. The highest BCUT2D eigenvalue weighted by atomic mass is 31.2. The van der Waals surface area contributed by atoms with Gasteiger partial charge in [0.1, 0.15) is 35.6 Å². The second kappa shape index (κ2) is 12.1. The normalized spacial score (nSPS) is 16.8. The van der Waals surface area contributed by atoms with Crippen LogP contribution in [-0.4, -0.2) is 62.8 Å². The maximum atomic E-state index is 14.1. The smallest absolute Gasteiger partial charge is 0.342 e. The number of carbonyl (C=O) groups excluding carboxylic acids is 1. The first-order chi connectivity index (χ1) is 18.6. The maximum Gasteiger partial charge on any atom is 0.342 e. The van der Waals surface area contributed by atoms with Gasteiger partial charge >= 0.3 is 13.5 Å². The third kappa shape index (κ3) is 7.30. The van der Waals surface area contributed by atoms with Gasteiger partial charge in [0.2, 0.25) is 0 Å². The summed E-state index contributed by atoms with van der Waals surface area (Å²) >= 11 is 0. The Labute approximate surface area is 226 Å². The van der Waals surface area contributed by atoms with Crippen LogP contribution in [0.15, 0.2) is 36.9 Å². The molecule has 4 rings (SSSR count). The molecule has 3 heterocycles. The predicted octanol–water partition coefficient (Wildman–Crippen LogP) is 3.01. The number of nitrogens with one attached hydrogen (secondary N) is 1. The zero-order valence-electron chi connectivity index (χ0n) is 22.1. The van der Waals surface area contributed by atoms with E-state index in [1.807, 2.05) is 6.07 Å². The van der Waals surface area contributed by atoms with Crippen LogP contribution in [0.25, 0.3) is 11.2 Å². The monoisotopic (exact) mass is 557 g/mol. The lowest BCUT2D eigenvalue weighted by molar-refractivity contribution is -0.159. The van der Waals surface area contributed by atoms with Crippen LogP contribution < -0.4 is 15.3 Å². The molecule has 1 unspecified atom stereocenters. The van der Waals surface area contributed by atoms with Gasteiger partial charge in [-0.15, -0.1) is 0 Å². The fraction of sp³-hybridized carbons (Fsp3) is 0.480. The molecule has 0 radical (unpaired) electrons. The molecule has 0 saturated carbocycles. The van der Waals surface area contributed by atoms with Crippen molar-refractivity contribution in [1.29, 1.82) is 5.26 Å². The van der Waals surface area contributed by atoms with Crippen molar-refractivity contribution < 1.29 is 28.1 Å². The summed E-state index contributed by atoms with van der Waals surface area (Å²) in [7, 11) is -3.88. The number of imidazole rings is 1. The van der Waals surface area contributed by atoms with E-state index >= 15 is 0 Å². The fourth-order valence-corrected chi connectivity index (χ4v) is 6.04. The number of hydrogen-bond acceptors (Lipinski definition) is 11. The summed E-state index contributed by atoms with van der Waals surface area (Å²) in [6.45, 7) is 6.29. The first-order valence-corrected chi connectivity index (χ1v) is 14.3. The second-order valence-electron chi connectivity index (χ2n) is 9.79. The summed E-state index contributed by atoms with van der Waals surface area (Å²) in [4.78, 5) is 25.5. The van der Waals surface area contributed by atoms with Crippen LogP contribution in [0.1, 0.15) is 39.2 Å². The highest BCUT2D eigenvalue weighted by molar-refractivity contribution is 7.57. The fourth-order valence-electron chi connectivity index (χ4n) is 4.03. The van der Waals surface area contributed by atoms with E-state index in [9.17, 15) is 14.6 Å². The van der Waals surface area contributed by atoms with Gasteiger partial charge in [-0.3, -0.25) is 9.36 Å². The summed E-state index contributed by atoms with van der Waals surface area (Å²) in [6.07, 6.45) is 3.01. The molecular formula is C25H32N7O6P. The molecule has 2 atom stereocenters. The summed E-state index contributed by atoms with van der Waals surface area (Å²) < 4.78 is 38.7. The topological polar surface area (TPSA) is 176 Å². The van der Waals surface area contributed by atoms with E-state index in [-0.39, 0.29) is 24.0 Å². The highest BCUT2D eigenvalue weighted by Gasteiger charge is 2.40. The predicted molar refractivity (Wildman–Crippen MR) is 142 cm³/mol. The van der Waals surface area contributed by atoms with Gasteiger partial charge in [0, 0.05) is 12.8 Å². The zero-order valence-corrected chi connectivity index (χ0v) is 23.0. The molecule has 2 aromatic heterocycles. The Morgan fingerprint density at radius 3 is 2.85 bits per heavy atom. The molecule has 0 bridgehead atoms. The maximum absolute atomic E-state index is 14.1. The van der Waals surface area contributed by atoms with Crippen LogP contribution >= 0.6 is 7.52 Å². The molecule has 39 heavy (non-hydrogen) atoms. The summed E-state index contributed by atoms with van der Waals surface area (Å²) in [5.74, 6) is -0.106. The molecule has 0 aliphatic carbocycles. The number of nitrogen functional groups attached to an aromatic ring is 1. The van der Waals surface area contributed by atoms with Gasteiger partial charge in [-0.05, 0) is 39.0 Å². The Bertz CT molecular complexity index is 1400. The van der Waals surface area contributed by atoms with Crippen molar-refractivity contribution in [3.05, 3.63) is 42.5 Å². The number of fused-ring (bicyclic) bond motifs is 1. The van der Waals surface area contributed by atoms with Crippen molar-refractivity contribution in [1.82, 2.24) is 24.6 Å². The minimum atomic E-state index is -3.88. The first kappa shape index (κ1) is 28.4. The molecule has 14 heteroatoms. The molecule has 13 nitrogen and oxygen atoms in total. The minimum absolute atomic E-state index is 0.197. The Morgan fingerprint density at radius 1 is 1.33 bits per heavy atom. The standard InChI is InChI=1S/C25H32N7O6P/c1-17(13-32-15-30-21-22(27)28-14-29-23(21)32)36-16-39(34,38-20-6-4-5-18(11-20)12-26)31-25(2,3)24(33)37-19-7-9-35-10-8-19/h4-6,11,14-15,17,19H,7-10,13,16H2,1-3H3,(H,31,34)(H2,27,28,29)/t17-,39?/m1/s1. The van der Waals surface area contributed by atoms with E-state index in [4.69, 9.17) is 24.5 Å². The molecule has 3 N–H and O–H groups in total. The van der Waals surface area contributed by atoms with Gasteiger partial charge in [0.15, 0.2) is 11.5 Å². The van der Waals surface area contributed by atoms with E-state index in [1.54, 1.807) is 49.9 Å². The zero-order chi connectivity index (χ0) is 28.0. The lowest BCUT2D eigenvalue weighted by Gasteiger charge is -2.32. The molecule has 1 fully saturated rings. The van der Waals surface area contributed by atoms with Crippen molar-refractivity contribution in [2.45, 2.75) is 57.9 Å². The summed E-state index contributed by atoms with van der Waals surface area (Å²) in [5.41, 5.74) is 5.85. The number of benzene rings is 1. The van der Waals surface area contributed by atoms with Gasteiger partial charge in [-0.2, -0.15) is 5.26 Å². The Kier molecular flexibility index (Phi) is 8.82. The van der Waals surface area contributed by atoms with Crippen molar-refractivity contribution in [3.63, 3.8) is 0 Å². The number of carbonyl (C=O) groups is 1. The van der Waals surface area contributed by atoms with E-state index < -0.39 is 25.1 Å². The molecule has 0 amide bonds. The van der Waals surface area contributed by atoms with E-state index in [2.05, 4.69) is 20.0 Å². The number of esters is 1. The van der Waals surface area contributed by atoms with Crippen LogP contribution in [0.5, 0.6) is 5.75 Å². The Morgan fingerprint density at radius 2 is 2.10 bits per heavy atom. The van der Waals surface area contributed by atoms with Gasteiger partial charge in [-0.25, -0.2) is 20.0 Å². The van der Waals surface area contributed by atoms with Crippen LogP contribution in [0, 0.1) is 11.3 Å². The van der Waals surface area contributed by atoms with Crippen LogP contribution in [0.4, 0.5) is 5.82 Å². The number of nitrogens with two attached hydrogens (primary N) is 1. The SMILES string of the molecule is C[C@H](Cn1cnc2c(N)ncnc21)OCP(=O)(NC(C)(C)C(=O)OC1CCOCC1)Oc1cccc(C#N)c1. The van der Waals surface area contributed by atoms with Gasteiger partial charge in [-0.1, -0.05) is 6.07 Å². The molecule has 1 aromatic carbocycles. The van der Waals surface area contributed by atoms with Crippen LogP contribution in [-0.2, 0) is 30.1 Å². The van der Waals surface area contributed by atoms with Gasteiger partial charge in [0.05, 0.1) is 43.8 Å². The number of aromatic nitrogens is 4. The minimum Gasteiger partial charge on any atom is -0.461 e. The average Bonchev–Trinajstić information content (AvgIpc) is 3.31. The van der Waals surface area contributed by atoms with Gasteiger partial charge in [0.25, 0.3) is 0 Å². The molecule has 1 saturated heterocycles. The number of rotatable bonds is 11. The number of anilines is 1. The molecule has 1 aliphatic rings. The molecule has 1 aliphatic heterocycles. The van der Waals surface area contributed by atoms with E-state index in [0.29, 0.717) is 49.3 Å². The van der Waals surface area contributed by atoms with Crippen molar-refractivity contribution in [2.24, 2.45) is 0 Å². The van der Waals surface area contributed by atoms with Crippen LogP contribution in [0.3, 0.4) is 0 Å². The molecular weight excluding hydrogens is 525 g/mol. The first-order valence-electron chi connectivity index (χ1n) is 12.5. The third-order valence-corrected chi connectivity index (χ3v) is 7.92. The van der Waals surface area contributed by atoms with Crippen LogP contribution in [0.2, 0.25) is 0 Å². The average molecular weight is 558 g/mol. The van der Waals surface area contributed by atoms with E-state index in [1.165, 1.54) is 12.4 Å². The quantitative estimate of drug-likeness (QED) is 0.261. The van der Waals surface area contributed by atoms with Gasteiger partial charge < -0.3 is 29.0 Å². The highest BCUT2D eigenvalue weighted by Crippen LogP contribution is 2.46. The van der Waals surface area contributed by atoms with E-state index in [0.717, 1.165) is 0 Å². The van der Waals surface area contributed by atoms with Crippen molar-refractivity contribution >= 4 is 30.5 Å². The molecule has 3 aromatic rings. The lowest BCUT2D eigenvalue weighted by Crippen LogP contribution is -2.48. The third-order valence-electron chi connectivity index (χ3n) is 6.03. The lowest BCUT2D eigenvalue weighted by atomic mass is 10.1. The van der Waals surface area contributed by atoms with Crippen molar-refractivity contribution in [3.8, 4) is 11.8 Å². The summed E-state index contributed by atoms with van der Waals surface area (Å²) in [6, 6.07) is 8.28. The number of nitriles is 1. The number of hydrogen-bond donors (Lipinski definition) is 2. The Balaban J connectivity index is 1.49. The van der Waals surface area contributed by atoms with Crippen molar-refractivity contribution in [2.75, 3.05) is 25.3 Å². The largest absolute Gasteiger partial charge is 0.461 e. The Hall–Kier alpha value is -3.56. The summed E-state index contributed by atoms with van der Waals surface area (Å²) in [5, 5.41) is 12.1.